The van der Waals surface area contributed by atoms with Crippen molar-refractivity contribution in [3.63, 3.8) is 0 Å². The Morgan fingerprint density at radius 1 is 0.885 bits per heavy atom. The summed E-state index contributed by atoms with van der Waals surface area (Å²) in [5, 5.41) is 0. The third kappa shape index (κ3) is 4.75. The van der Waals surface area contributed by atoms with Gasteiger partial charge in [-0.05, 0) is 41.8 Å². The van der Waals surface area contributed by atoms with Crippen LogP contribution in [-0.4, -0.2) is 12.9 Å². The highest BCUT2D eigenvalue weighted by Crippen LogP contribution is 2.16. The number of rotatable bonds is 5. The summed E-state index contributed by atoms with van der Waals surface area (Å²) >= 11 is 0. The van der Waals surface area contributed by atoms with Crippen molar-refractivity contribution in [2.45, 2.75) is 6.61 Å². The molecule has 0 bridgehead atoms. The number of Topliss-reactive ketones (excluding diaryl/α,β-unsaturated/α-hetero) is 1. The molecule has 0 saturated heterocycles. The molecule has 3 aromatic rings. The van der Waals surface area contributed by atoms with E-state index in [0.717, 1.165) is 16.9 Å². The van der Waals surface area contributed by atoms with Gasteiger partial charge in [-0.1, -0.05) is 54.5 Å². The van der Waals surface area contributed by atoms with Crippen molar-refractivity contribution in [2.75, 3.05) is 7.11 Å². The zero-order valence-corrected chi connectivity index (χ0v) is 14.4. The summed E-state index contributed by atoms with van der Waals surface area (Å²) < 4.78 is 10.9. The van der Waals surface area contributed by atoms with Crippen molar-refractivity contribution in [1.29, 1.82) is 0 Å². The monoisotopic (exact) mass is 342 g/mol. The first-order valence-electron chi connectivity index (χ1n) is 8.22. The standard InChI is InChI=1S/C23H18O3/c1-25-21-13-10-19(11-14-21)17-26-22-9-5-6-18(16-22)12-15-23(24)20-7-3-2-4-8-20/h2-11,13-14,16H,17H2,1H3. The van der Waals surface area contributed by atoms with Crippen LogP contribution in [0.2, 0.25) is 0 Å². The van der Waals surface area contributed by atoms with Gasteiger partial charge in [0.2, 0.25) is 5.78 Å². The SMILES string of the molecule is COc1ccc(COc2cccc(C#CC(=O)c3ccccc3)c2)cc1. The molecule has 0 spiro atoms. The lowest BCUT2D eigenvalue weighted by Crippen LogP contribution is -1.96. The Balaban J connectivity index is 1.65. The minimum Gasteiger partial charge on any atom is -0.497 e. The topological polar surface area (TPSA) is 35.5 Å². The second-order valence-electron chi connectivity index (χ2n) is 5.61. The summed E-state index contributed by atoms with van der Waals surface area (Å²) in [7, 11) is 1.64. The third-order valence-electron chi connectivity index (χ3n) is 3.75. The molecule has 3 nitrogen and oxygen atoms in total. The summed E-state index contributed by atoms with van der Waals surface area (Å²) in [6.07, 6.45) is 0. The van der Waals surface area contributed by atoms with Gasteiger partial charge >= 0.3 is 0 Å². The minimum atomic E-state index is -0.199. The summed E-state index contributed by atoms with van der Waals surface area (Å²) in [5.74, 6) is 6.89. The van der Waals surface area contributed by atoms with E-state index in [4.69, 9.17) is 9.47 Å². The van der Waals surface area contributed by atoms with E-state index in [1.165, 1.54) is 0 Å². The van der Waals surface area contributed by atoms with Gasteiger partial charge in [0, 0.05) is 11.1 Å². The Bertz CT molecular complexity index is 932. The van der Waals surface area contributed by atoms with Crippen LogP contribution in [0.1, 0.15) is 21.5 Å². The summed E-state index contributed by atoms with van der Waals surface area (Å²) in [5.41, 5.74) is 2.37. The Morgan fingerprint density at radius 3 is 2.38 bits per heavy atom. The Labute approximate surface area is 153 Å². The van der Waals surface area contributed by atoms with Crippen molar-refractivity contribution in [3.8, 4) is 23.3 Å². The van der Waals surface area contributed by atoms with Crippen LogP contribution in [0.15, 0.2) is 78.9 Å². The molecule has 0 heterocycles. The maximum Gasteiger partial charge on any atom is 0.236 e. The molecule has 128 valence electrons. The summed E-state index contributed by atoms with van der Waals surface area (Å²) in [6, 6.07) is 24.2. The highest BCUT2D eigenvalue weighted by Gasteiger charge is 2.01. The number of hydrogen-bond acceptors (Lipinski definition) is 3. The molecule has 3 rings (SSSR count). The Morgan fingerprint density at radius 2 is 1.65 bits per heavy atom. The lowest BCUT2D eigenvalue weighted by molar-refractivity contribution is 0.105. The van der Waals surface area contributed by atoms with Crippen LogP contribution in [-0.2, 0) is 6.61 Å². The first-order chi connectivity index (χ1) is 12.7. The smallest absolute Gasteiger partial charge is 0.236 e. The first kappa shape index (κ1) is 17.3. The van der Waals surface area contributed by atoms with E-state index in [2.05, 4.69) is 11.8 Å². The van der Waals surface area contributed by atoms with Crippen LogP contribution in [0.5, 0.6) is 11.5 Å². The molecule has 0 radical (unpaired) electrons. The van der Waals surface area contributed by atoms with Crippen LogP contribution < -0.4 is 9.47 Å². The molecule has 0 unspecified atom stereocenters. The normalized spacial score (nSPS) is 9.73. The first-order valence-corrected chi connectivity index (χ1v) is 8.22. The van der Waals surface area contributed by atoms with Gasteiger partial charge in [0.15, 0.2) is 0 Å². The van der Waals surface area contributed by atoms with Gasteiger partial charge in [-0.2, -0.15) is 0 Å². The van der Waals surface area contributed by atoms with Crippen molar-refractivity contribution >= 4 is 5.78 Å². The van der Waals surface area contributed by atoms with Crippen LogP contribution in [0.25, 0.3) is 0 Å². The fraction of sp³-hybridized carbons (Fsp3) is 0.0870. The number of methoxy groups -OCH3 is 1. The fourth-order valence-corrected chi connectivity index (χ4v) is 2.34. The van der Waals surface area contributed by atoms with E-state index in [1.807, 2.05) is 66.7 Å². The molecule has 0 amide bonds. The molecule has 0 aromatic heterocycles. The van der Waals surface area contributed by atoms with E-state index in [-0.39, 0.29) is 5.78 Å². The average molecular weight is 342 g/mol. The average Bonchev–Trinajstić information content (AvgIpc) is 2.72. The van der Waals surface area contributed by atoms with Crippen LogP contribution in [0, 0.1) is 11.8 Å². The molecule has 0 N–H and O–H groups in total. The second kappa shape index (κ2) is 8.55. The molecule has 26 heavy (non-hydrogen) atoms. The molecule has 0 fully saturated rings. The van der Waals surface area contributed by atoms with Gasteiger partial charge in [0.1, 0.15) is 18.1 Å². The summed E-state index contributed by atoms with van der Waals surface area (Å²) in [6.45, 7) is 0.448. The number of ether oxygens (including phenoxy) is 2. The highest BCUT2D eigenvalue weighted by molar-refractivity contribution is 6.09. The maximum absolute atomic E-state index is 12.1. The van der Waals surface area contributed by atoms with Gasteiger partial charge in [0.25, 0.3) is 0 Å². The van der Waals surface area contributed by atoms with Gasteiger partial charge in [-0.25, -0.2) is 0 Å². The number of carbonyl (C=O) groups is 1. The minimum absolute atomic E-state index is 0.199. The number of ketones is 1. The molecule has 0 aliphatic carbocycles. The fourth-order valence-electron chi connectivity index (χ4n) is 2.34. The lowest BCUT2D eigenvalue weighted by atomic mass is 10.1. The number of benzene rings is 3. The van der Waals surface area contributed by atoms with E-state index in [1.54, 1.807) is 19.2 Å². The van der Waals surface area contributed by atoms with Gasteiger partial charge < -0.3 is 9.47 Å². The van der Waals surface area contributed by atoms with Crippen LogP contribution in [0.3, 0.4) is 0 Å². The van der Waals surface area contributed by atoms with Gasteiger partial charge in [0.05, 0.1) is 7.11 Å². The van der Waals surface area contributed by atoms with Crippen molar-refractivity contribution in [2.24, 2.45) is 0 Å². The highest BCUT2D eigenvalue weighted by atomic mass is 16.5. The molecular formula is C23H18O3. The predicted molar refractivity (Wildman–Crippen MR) is 101 cm³/mol. The van der Waals surface area contributed by atoms with Crippen molar-refractivity contribution in [1.82, 2.24) is 0 Å². The molecule has 0 saturated carbocycles. The molecule has 3 aromatic carbocycles. The molecule has 0 aliphatic heterocycles. The molecule has 3 heteroatoms. The predicted octanol–water partition coefficient (Wildman–Crippen LogP) is 4.51. The second-order valence-corrected chi connectivity index (χ2v) is 5.61. The van der Waals surface area contributed by atoms with Crippen LogP contribution in [0.4, 0.5) is 0 Å². The zero-order chi connectivity index (χ0) is 18.2. The molecule has 0 atom stereocenters. The number of carbonyl (C=O) groups excluding carboxylic acids is 1. The quantitative estimate of drug-likeness (QED) is 0.505. The zero-order valence-electron chi connectivity index (χ0n) is 14.4. The number of hydrogen-bond donors (Lipinski definition) is 0. The van der Waals surface area contributed by atoms with E-state index < -0.39 is 0 Å². The van der Waals surface area contributed by atoms with Gasteiger partial charge in [-0.3, -0.25) is 4.79 Å². The lowest BCUT2D eigenvalue weighted by Gasteiger charge is -2.07. The van der Waals surface area contributed by atoms with E-state index in [0.29, 0.717) is 17.9 Å². The van der Waals surface area contributed by atoms with Crippen LogP contribution >= 0.6 is 0 Å². The molecule has 0 aliphatic rings. The Kier molecular flexibility index (Phi) is 5.69. The maximum atomic E-state index is 12.1. The molecular weight excluding hydrogens is 324 g/mol. The van der Waals surface area contributed by atoms with Gasteiger partial charge in [-0.15, -0.1) is 0 Å². The van der Waals surface area contributed by atoms with E-state index in [9.17, 15) is 4.79 Å². The Hall–Kier alpha value is -3.51. The van der Waals surface area contributed by atoms with Crippen molar-refractivity contribution < 1.29 is 14.3 Å². The third-order valence-corrected chi connectivity index (χ3v) is 3.75. The largest absolute Gasteiger partial charge is 0.497 e. The summed E-state index contributed by atoms with van der Waals surface area (Å²) in [4.78, 5) is 12.1. The van der Waals surface area contributed by atoms with Crippen molar-refractivity contribution in [3.05, 3.63) is 95.6 Å². The van der Waals surface area contributed by atoms with E-state index >= 15 is 0 Å².